The highest BCUT2D eigenvalue weighted by Gasteiger charge is 2.29. The number of carbonyl (C=O) groups excluding carboxylic acids is 1. The van der Waals surface area contributed by atoms with E-state index in [0.29, 0.717) is 5.92 Å². The Bertz CT molecular complexity index is 581. The smallest absolute Gasteiger partial charge is 0.265 e. The van der Waals surface area contributed by atoms with Gasteiger partial charge in [-0.2, -0.15) is 0 Å². The van der Waals surface area contributed by atoms with Gasteiger partial charge in [0.25, 0.3) is 5.91 Å². The Balaban J connectivity index is 1.73. The second-order valence-electron chi connectivity index (χ2n) is 4.75. The van der Waals surface area contributed by atoms with Crippen LogP contribution in [0.15, 0.2) is 46.3 Å². The van der Waals surface area contributed by atoms with E-state index >= 15 is 0 Å². The third-order valence-electron chi connectivity index (χ3n) is 3.56. The fourth-order valence-corrected chi connectivity index (χ4v) is 4.04. The largest absolute Gasteiger partial charge is 0.337 e. The first-order valence-corrected chi connectivity index (χ1v) is 8.00. The van der Waals surface area contributed by atoms with Crippen molar-refractivity contribution in [3.05, 3.63) is 56.7 Å². The van der Waals surface area contributed by atoms with Gasteiger partial charge in [0.05, 0.1) is 0 Å². The third kappa shape index (κ3) is 2.60. The van der Waals surface area contributed by atoms with Crippen LogP contribution in [0.2, 0.25) is 0 Å². The van der Waals surface area contributed by atoms with Crippen molar-refractivity contribution in [3.8, 4) is 0 Å². The molecule has 3 rings (SSSR count). The lowest BCUT2D eigenvalue weighted by molar-refractivity contribution is 0.0795. The molecule has 0 bridgehead atoms. The molecule has 4 heteroatoms. The van der Waals surface area contributed by atoms with Crippen LogP contribution in [0.4, 0.5) is 0 Å². The molecule has 1 unspecified atom stereocenters. The number of hydrogen-bond acceptors (Lipinski definition) is 2. The summed E-state index contributed by atoms with van der Waals surface area (Å²) in [6, 6.07) is 12.4. The lowest BCUT2D eigenvalue weighted by Gasteiger charge is -2.16. The van der Waals surface area contributed by atoms with Crippen molar-refractivity contribution in [3.63, 3.8) is 0 Å². The summed E-state index contributed by atoms with van der Waals surface area (Å²) in [4.78, 5) is 15.2. The first kappa shape index (κ1) is 12.9. The highest BCUT2D eigenvalue weighted by atomic mass is 79.9. The lowest BCUT2D eigenvalue weighted by Crippen LogP contribution is -2.27. The quantitative estimate of drug-likeness (QED) is 0.807. The molecule has 1 atom stereocenters. The second-order valence-corrected chi connectivity index (χ2v) is 6.52. The molecule has 1 aromatic carbocycles. The van der Waals surface area contributed by atoms with E-state index in [2.05, 4.69) is 40.2 Å². The minimum atomic E-state index is 0.153. The van der Waals surface area contributed by atoms with E-state index in [9.17, 15) is 4.79 Å². The van der Waals surface area contributed by atoms with Crippen molar-refractivity contribution in [2.24, 2.45) is 0 Å². The van der Waals surface area contributed by atoms with Gasteiger partial charge in [0, 0.05) is 23.5 Å². The van der Waals surface area contributed by atoms with Crippen molar-refractivity contribution >= 4 is 33.2 Å². The summed E-state index contributed by atoms with van der Waals surface area (Å²) in [7, 11) is 0. The van der Waals surface area contributed by atoms with E-state index in [1.165, 1.54) is 16.9 Å². The fourth-order valence-electron chi connectivity index (χ4n) is 2.53. The van der Waals surface area contributed by atoms with E-state index in [4.69, 9.17) is 0 Å². The molecule has 1 aliphatic heterocycles. The maximum absolute atomic E-state index is 12.4. The zero-order valence-corrected chi connectivity index (χ0v) is 12.8. The molecular weight excluding hydrogens is 322 g/mol. The lowest BCUT2D eigenvalue weighted by atomic mass is 9.99. The Morgan fingerprint density at radius 3 is 2.74 bits per heavy atom. The number of carbonyl (C=O) groups is 1. The standard InChI is InChI=1S/C15H14BrNOS/c16-13-7-9-19-14(13)15(18)17-8-6-12(10-17)11-4-2-1-3-5-11/h1-5,7,9,12H,6,8,10H2. The number of benzene rings is 1. The number of hydrogen-bond donors (Lipinski definition) is 0. The summed E-state index contributed by atoms with van der Waals surface area (Å²) in [5.41, 5.74) is 1.34. The number of thiophene rings is 1. The SMILES string of the molecule is O=C(c1sccc1Br)N1CCC(c2ccccc2)C1. The number of halogens is 1. The minimum absolute atomic E-state index is 0.153. The molecule has 1 aromatic heterocycles. The van der Waals surface area contributed by atoms with Crippen LogP contribution in [0.3, 0.4) is 0 Å². The normalized spacial score (nSPS) is 18.8. The van der Waals surface area contributed by atoms with Crippen molar-refractivity contribution < 1.29 is 4.79 Å². The van der Waals surface area contributed by atoms with Crippen LogP contribution in [0.5, 0.6) is 0 Å². The van der Waals surface area contributed by atoms with Gasteiger partial charge in [0.15, 0.2) is 0 Å². The molecule has 1 fully saturated rings. The number of likely N-dealkylation sites (tertiary alicyclic amines) is 1. The van der Waals surface area contributed by atoms with Crippen molar-refractivity contribution in [2.45, 2.75) is 12.3 Å². The van der Waals surface area contributed by atoms with Gasteiger partial charge in [-0.15, -0.1) is 11.3 Å². The molecule has 98 valence electrons. The van der Waals surface area contributed by atoms with Crippen LogP contribution in [-0.2, 0) is 0 Å². The number of nitrogens with zero attached hydrogens (tertiary/aromatic N) is 1. The minimum Gasteiger partial charge on any atom is -0.337 e. The van der Waals surface area contributed by atoms with E-state index in [-0.39, 0.29) is 5.91 Å². The predicted octanol–water partition coefficient (Wildman–Crippen LogP) is 4.14. The van der Waals surface area contributed by atoms with E-state index in [1.54, 1.807) is 0 Å². The van der Waals surface area contributed by atoms with Gasteiger partial charge < -0.3 is 4.90 Å². The zero-order chi connectivity index (χ0) is 13.2. The maximum Gasteiger partial charge on any atom is 0.265 e. The van der Waals surface area contributed by atoms with Crippen LogP contribution >= 0.6 is 27.3 Å². The molecule has 2 heterocycles. The Morgan fingerprint density at radius 2 is 2.05 bits per heavy atom. The predicted molar refractivity (Wildman–Crippen MR) is 81.7 cm³/mol. The Labute approximate surface area is 125 Å². The molecule has 1 saturated heterocycles. The van der Waals surface area contributed by atoms with Crippen molar-refractivity contribution in [2.75, 3.05) is 13.1 Å². The van der Waals surface area contributed by atoms with Gasteiger partial charge in [-0.3, -0.25) is 4.79 Å². The van der Waals surface area contributed by atoms with Gasteiger partial charge in [-0.05, 0) is 39.4 Å². The molecule has 0 spiro atoms. The van der Waals surface area contributed by atoms with Gasteiger partial charge in [-0.1, -0.05) is 30.3 Å². The first-order valence-electron chi connectivity index (χ1n) is 6.33. The Hall–Kier alpha value is -1.13. The van der Waals surface area contributed by atoms with Crippen LogP contribution < -0.4 is 0 Å². The molecule has 1 aliphatic rings. The molecule has 0 aliphatic carbocycles. The summed E-state index contributed by atoms with van der Waals surface area (Å²) < 4.78 is 0.908. The molecule has 2 nitrogen and oxygen atoms in total. The van der Waals surface area contributed by atoms with E-state index in [1.807, 2.05) is 22.4 Å². The van der Waals surface area contributed by atoms with Crippen molar-refractivity contribution in [1.82, 2.24) is 4.90 Å². The van der Waals surface area contributed by atoms with Gasteiger partial charge in [0.2, 0.25) is 0 Å². The molecule has 0 N–H and O–H groups in total. The van der Waals surface area contributed by atoms with E-state index in [0.717, 1.165) is 28.9 Å². The molecular formula is C15H14BrNOS. The maximum atomic E-state index is 12.4. The fraction of sp³-hybridized carbons (Fsp3) is 0.267. The topological polar surface area (TPSA) is 20.3 Å². The highest BCUT2D eigenvalue weighted by Crippen LogP contribution is 2.30. The average molecular weight is 336 g/mol. The molecule has 19 heavy (non-hydrogen) atoms. The van der Waals surface area contributed by atoms with Crippen LogP contribution in [-0.4, -0.2) is 23.9 Å². The summed E-state index contributed by atoms with van der Waals surface area (Å²) in [5, 5.41) is 1.95. The molecule has 0 saturated carbocycles. The van der Waals surface area contributed by atoms with Gasteiger partial charge in [0.1, 0.15) is 4.88 Å². The van der Waals surface area contributed by atoms with Crippen LogP contribution in [0, 0.1) is 0 Å². The monoisotopic (exact) mass is 335 g/mol. The summed E-state index contributed by atoms with van der Waals surface area (Å²) in [6.45, 7) is 1.68. The Morgan fingerprint density at radius 1 is 1.26 bits per heavy atom. The molecule has 1 amide bonds. The van der Waals surface area contributed by atoms with Crippen LogP contribution in [0.25, 0.3) is 0 Å². The van der Waals surface area contributed by atoms with Gasteiger partial charge in [-0.25, -0.2) is 0 Å². The van der Waals surface area contributed by atoms with Crippen LogP contribution in [0.1, 0.15) is 27.6 Å². The average Bonchev–Trinajstić information content (AvgIpc) is 3.08. The third-order valence-corrected chi connectivity index (χ3v) is 5.38. The van der Waals surface area contributed by atoms with E-state index < -0.39 is 0 Å². The Kier molecular flexibility index (Phi) is 3.71. The summed E-state index contributed by atoms with van der Waals surface area (Å²) in [6.07, 6.45) is 1.05. The van der Waals surface area contributed by atoms with Gasteiger partial charge >= 0.3 is 0 Å². The highest BCUT2D eigenvalue weighted by molar-refractivity contribution is 9.10. The molecule has 2 aromatic rings. The number of rotatable bonds is 2. The molecule has 0 radical (unpaired) electrons. The second kappa shape index (κ2) is 5.47. The number of amides is 1. The van der Waals surface area contributed by atoms with Crippen molar-refractivity contribution in [1.29, 1.82) is 0 Å². The summed E-state index contributed by atoms with van der Waals surface area (Å²) in [5.74, 6) is 0.629. The summed E-state index contributed by atoms with van der Waals surface area (Å²) >= 11 is 4.94. The first-order chi connectivity index (χ1) is 9.25. The zero-order valence-electron chi connectivity index (χ0n) is 10.4.